The molecule has 0 amide bonds. The molecule has 0 bridgehead atoms. The van der Waals surface area contributed by atoms with Crippen LogP contribution < -0.4 is 15.6 Å². The van der Waals surface area contributed by atoms with E-state index in [4.69, 9.17) is 14.7 Å². The van der Waals surface area contributed by atoms with Gasteiger partial charge in [-0.25, -0.2) is 15.0 Å². The first-order valence-corrected chi connectivity index (χ1v) is 11.0. The van der Waals surface area contributed by atoms with Crippen LogP contribution in [0.5, 0.6) is 5.75 Å². The summed E-state index contributed by atoms with van der Waals surface area (Å²) in [6.07, 6.45) is 1.45. The first-order chi connectivity index (χ1) is 15.5. The van der Waals surface area contributed by atoms with Crippen LogP contribution >= 0.6 is 31.9 Å². The number of methoxy groups -OCH3 is 1. The lowest BCUT2D eigenvalue weighted by molar-refractivity contribution is 0.415. The van der Waals surface area contributed by atoms with E-state index in [1.165, 1.54) is 6.20 Å². The molecule has 0 aliphatic carbocycles. The number of halogens is 2. The predicted molar refractivity (Wildman–Crippen MR) is 129 cm³/mol. The highest BCUT2D eigenvalue weighted by molar-refractivity contribution is 9.11. The molecule has 5 aromatic rings. The van der Waals surface area contributed by atoms with E-state index in [9.17, 15) is 4.79 Å². The Hall–Kier alpha value is -3.37. The molecule has 32 heavy (non-hydrogen) atoms. The van der Waals surface area contributed by atoms with Crippen LogP contribution in [0.4, 0.5) is 11.6 Å². The van der Waals surface area contributed by atoms with Gasteiger partial charge in [-0.2, -0.15) is 4.52 Å². The summed E-state index contributed by atoms with van der Waals surface area (Å²) in [4.78, 5) is 25.7. The van der Waals surface area contributed by atoms with E-state index in [0.717, 1.165) is 25.6 Å². The van der Waals surface area contributed by atoms with Crippen molar-refractivity contribution < 1.29 is 4.74 Å². The summed E-state index contributed by atoms with van der Waals surface area (Å²) in [7, 11) is 1.62. The van der Waals surface area contributed by atoms with E-state index in [1.807, 2.05) is 36.4 Å². The van der Waals surface area contributed by atoms with Crippen LogP contribution in [0.25, 0.3) is 27.9 Å². The van der Waals surface area contributed by atoms with E-state index in [-0.39, 0.29) is 5.69 Å². The van der Waals surface area contributed by atoms with Crippen molar-refractivity contribution >= 4 is 60.0 Å². The highest BCUT2D eigenvalue weighted by Gasteiger charge is 2.17. The largest absolute Gasteiger partial charge is 0.497 e. The molecule has 0 fully saturated rings. The molecule has 3 aromatic heterocycles. The number of hydrogen-bond donors (Lipinski definition) is 1. The second-order valence-electron chi connectivity index (χ2n) is 6.79. The zero-order valence-electron chi connectivity index (χ0n) is 16.6. The van der Waals surface area contributed by atoms with Gasteiger partial charge in [-0.15, -0.1) is 5.10 Å². The van der Waals surface area contributed by atoms with Crippen molar-refractivity contribution in [3.63, 3.8) is 0 Å². The van der Waals surface area contributed by atoms with Gasteiger partial charge in [0.2, 0.25) is 5.95 Å². The lowest BCUT2D eigenvalue weighted by atomic mass is 10.2. The van der Waals surface area contributed by atoms with Gasteiger partial charge in [0.15, 0.2) is 11.5 Å². The third-order valence-electron chi connectivity index (χ3n) is 4.77. The molecule has 0 spiro atoms. The number of nitrogens with one attached hydrogen (secondary N) is 1. The zero-order chi connectivity index (χ0) is 22.2. The quantitative estimate of drug-likeness (QED) is 0.335. The first-order valence-electron chi connectivity index (χ1n) is 9.46. The molecule has 5 rings (SSSR count). The molecule has 3 heterocycles. The Labute approximate surface area is 198 Å². The molecule has 2 aromatic carbocycles. The van der Waals surface area contributed by atoms with Crippen molar-refractivity contribution in [3.8, 4) is 17.1 Å². The smallest absolute Gasteiger partial charge is 0.293 e. The molecule has 8 nitrogen and oxygen atoms in total. The Morgan fingerprint density at radius 3 is 2.62 bits per heavy atom. The first kappa shape index (κ1) is 20.5. The average Bonchev–Trinajstić information content (AvgIpc) is 3.15. The van der Waals surface area contributed by atoms with Crippen LogP contribution in [0.15, 0.2) is 74.5 Å². The Kier molecular flexibility index (Phi) is 5.32. The predicted octanol–water partition coefficient (Wildman–Crippen LogP) is 4.98. The summed E-state index contributed by atoms with van der Waals surface area (Å²) in [5, 5.41) is 8.54. The number of nitrogens with zero attached hydrogens (tertiary/aromatic N) is 5. The fourth-order valence-electron chi connectivity index (χ4n) is 3.25. The van der Waals surface area contributed by atoms with Crippen LogP contribution in [0.2, 0.25) is 0 Å². The molecular formula is C22H14Br2N6O2. The number of rotatable bonds is 4. The molecule has 0 saturated carbocycles. The summed E-state index contributed by atoms with van der Waals surface area (Å²) in [5.74, 6) is 1.60. The van der Waals surface area contributed by atoms with E-state index < -0.39 is 5.56 Å². The maximum absolute atomic E-state index is 12.3. The van der Waals surface area contributed by atoms with Gasteiger partial charge in [0.25, 0.3) is 5.56 Å². The molecule has 10 heteroatoms. The van der Waals surface area contributed by atoms with E-state index >= 15 is 0 Å². The lowest BCUT2D eigenvalue weighted by Gasteiger charge is -2.09. The van der Waals surface area contributed by atoms with E-state index in [2.05, 4.69) is 47.3 Å². The van der Waals surface area contributed by atoms with Gasteiger partial charge < -0.3 is 10.1 Å². The fraction of sp³-hybridized carbons (Fsp3) is 0.0455. The van der Waals surface area contributed by atoms with Crippen LogP contribution in [-0.2, 0) is 0 Å². The van der Waals surface area contributed by atoms with Crippen LogP contribution in [0, 0.1) is 0 Å². The summed E-state index contributed by atoms with van der Waals surface area (Å²) < 4.78 is 8.48. The molecule has 0 atom stereocenters. The molecule has 0 aliphatic heterocycles. The number of aromatic nitrogens is 5. The van der Waals surface area contributed by atoms with E-state index in [0.29, 0.717) is 22.9 Å². The lowest BCUT2D eigenvalue weighted by Crippen LogP contribution is -2.11. The van der Waals surface area contributed by atoms with Crippen molar-refractivity contribution in [2.45, 2.75) is 0 Å². The molecule has 0 aliphatic rings. The third kappa shape index (κ3) is 3.71. The van der Waals surface area contributed by atoms with Crippen molar-refractivity contribution in [3.05, 3.63) is 80.1 Å². The van der Waals surface area contributed by atoms with Gasteiger partial charge in [-0.05, 0) is 64.5 Å². The van der Waals surface area contributed by atoms with Gasteiger partial charge >= 0.3 is 0 Å². The molecular weight excluding hydrogens is 540 g/mol. The standard InChI is InChI=1S/C22H14Br2N6O2/c1-32-14-7-5-12(6-8-14)19-28-20-15-10-13(23)11-16(24)18(15)27-22(30(20)29-19)26-17-4-2-3-9-25-21(17)31/h2-11H,1H3,(H,25,26,27,31). The monoisotopic (exact) mass is 552 g/mol. The average molecular weight is 554 g/mol. The van der Waals surface area contributed by atoms with Gasteiger partial charge in [-0.1, -0.05) is 22.0 Å². The van der Waals surface area contributed by atoms with Crippen molar-refractivity contribution in [1.82, 2.24) is 24.6 Å². The summed E-state index contributed by atoms with van der Waals surface area (Å²) in [6, 6.07) is 16.4. The van der Waals surface area contributed by atoms with Gasteiger partial charge in [0, 0.05) is 26.1 Å². The normalized spacial score (nSPS) is 11.1. The van der Waals surface area contributed by atoms with Crippen molar-refractivity contribution in [2.24, 2.45) is 0 Å². The van der Waals surface area contributed by atoms with E-state index in [1.54, 1.807) is 29.8 Å². The maximum Gasteiger partial charge on any atom is 0.293 e. The van der Waals surface area contributed by atoms with Crippen LogP contribution in [0.1, 0.15) is 0 Å². The second kappa shape index (κ2) is 8.29. The van der Waals surface area contributed by atoms with Crippen molar-refractivity contribution in [2.75, 3.05) is 12.4 Å². The van der Waals surface area contributed by atoms with Gasteiger partial charge in [0.1, 0.15) is 11.4 Å². The third-order valence-corrected chi connectivity index (χ3v) is 5.83. The minimum absolute atomic E-state index is 0.276. The Morgan fingerprint density at radius 2 is 1.84 bits per heavy atom. The highest BCUT2D eigenvalue weighted by Crippen LogP contribution is 2.32. The molecule has 158 valence electrons. The molecule has 0 saturated heterocycles. The van der Waals surface area contributed by atoms with Gasteiger partial charge in [-0.3, -0.25) is 4.79 Å². The Balaban J connectivity index is 1.77. The fourth-order valence-corrected chi connectivity index (χ4v) is 4.56. The summed E-state index contributed by atoms with van der Waals surface area (Å²) >= 11 is 7.11. The zero-order valence-corrected chi connectivity index (χ0v) is 19.8. The highest BCUT2D eigenvalue weighted by atomic mass is 79.9. The number of anilines is 2. The van der Waals surface area contributed by atoms with Crippen molar-refractivity contribution in [1.29, 1.82) is 0 Å². The molecule has 0 unspecified atom stereocenters. The van der Waals surface area contributed by atoms with Crippen LogP contribution in [-0.4, -0.2) is 31.7 Å². The number of hydrogen-bond acceptors (Lipinski definition) is 7. The maximum atomic E-state index is 12.3. The summed E-state index contributed by atoms with van der Waals surface area (Å²) in [5.41, 5.74) is 1.96. The molecule has 1 N–H and O–H groups in total. The Bertz CT molecular complexity index is 1540. The topological polar surface area (TPSA) is 94.3 Å². The second-order valence-corrected chi connectivity index (χ2v) is 8.56. The van der Waals surface area contributed by atoms with Gasteiger partial charge in [0.05, 0.1) is 12.6 Å². The SMILES string of the molecule is COc1ccc(-c2nc3c4cc(Br)cc(Br)c4nc(Nc4ccccnc4=O)n3n2)cc1. The number of benzene rings is 2. The number of fused-ring (bicyclic) bond motifs is 3. The Morgan fingerprint density at radius 1 is 1.03 bits per heavy atom. The minimum Gasteiger partial charge on any atom is -0.497 e. The summed E-state index contributed by atoms with van der Waals surface area (Å²) in [6.45, 7) is 0. The van der Waals surface area contributed by atoms with Crippen LogP contribution in [0.3, 0.4) is 0 Å². The minimum atomic E-state index is -0.407. The molecule has 0 radical (unpaired) electrons. The number of ether oxygens (including phenoxy) is 1.